The summed E-state index contributed by atoms with van der Waals surface area (Å²) in [6.45, 7) is 7.37. The van der Waals surface area contributed by atoms with Crippen molar-refractivity contribution < 1.29 is 9.72 Å². The van der Waals surface area contributed by atoms with E-state index in [9.17, 15) is 14.9 Å². The summed E-state index contributed by atoms with van der Waals surface area (Å²) in [5.41, 5.74) is 5.30. The van der Waals surface area contributed by atoms with E-state index in [0.717, 1.165) is 13.1 Å². The summed E-state index contributed by atoms with van der Waals surface area (Å²) >= 11 is 0. The number of aryl methyl sites for hydroxylation is 1. The molecule has 20 heavy (non-hydrogen) atoms. The van der Waals surface area contributed by atoms with Crippen LogP contribution in [-0.4, -0.2) is 44.6 Å². The van der Waals surface area contributed by atoms with E-state index in [1.165, 1.54) is 4.68 Å². The van der Waals surface area contributed by atoms with Crippen molar-refractivity contribution in [2.24, 2.45) is 5.73 Å². The van der Waals surface area contributed by atoms with Crippen LogP contribution in [0.1, 0.15) is 43.0 Å². The first-order valence-corrected chi connectivity index (χ1v) is 6.66. The summed E-state index contributed by atoms with van der Waals surface area (Å²) < 4.78 is 1.44. The number of rotatable bonds is 5. The molecular formula is C12H19N5O3. The molecule has 8 heteroatoms. The highest BCUT2D eigenvalue weighted by Gasteiger charge is 2.38. The molecule has 0 saturated carbocycles. The van der Waals surface area contributed by atoms with Crippen LogP contribution >= 0.6 is 0 Å². The van der Waals surface area contributed by atoms with Crippen LogP contribution in [0.25, 0.3) is 0 Å². The minimum atomic E-state index is -0.799. The van der Waals surface area contributed by atoms with Crippen LogP contribution in [0, 0.1) is 10.1 Å². The number of carbonyl (C=O) groups excluding carboxylic acids is 1. The van der Waals surface area contributed by atoms with Gasteiger partial charge in [0.1, 0.15) is 5.69 Å². The highest BCUT2D eigenvalue weighted by atomic mass is 16.6. The average molecular weight is 281 g/mol. The Bertz CT molecular complexity index is 546. The molecule has 2 rings (SSSR count). The van der Waals surface area contributed by atoms with Gasteiger partial charge in [-0.05, 0) is 20.3 Å². The van der Waals surface area contributed by atoms with Gasteiger partial charge in [0.25, 0.3) is 5.91 Å². The molecule has 1 aliphatic heterocycles. The molecule has 1 amide bonds. The molecule has 8 nitrogen and oxygen atoms in total. The van der Waals surface area contributed by atoms with Crippen LogP contribution < -0.4 is 5.73 Å². The van der Waals surface area contributed by atoms with Crippen LogP contribution in [0.2, 0.25) is 0 Å². The van der Waals surface area contributed by atoms with E-state index in [2.05, 4.69) is 23.8 Å². The van der Waals surface area contributed by atoms with Crippen molar-refractivity contribution in [1.82, 2.24) is 14.7 Å². The number of nitrogens with two attached hydrogens (primary N) is 1. The fourth-order valence-electron chi connectivity index (χ4n) is 2.46. The van der Waals surface area contributed by atoms with Gasteiger partial charge in [-0.2, -0.15) is 5.10 Å². The minimum Gasteiger partial charge on any atom is -0.364 e. The van der Waals surface area contributed by atoms with Gasteiger partial charge in [0.15, 0.2) is 0 Å². The summed E-state index contributed by atoms with van der Waals surface area (Å²) in [7, 11) is 0. The lowest BCUT2D eigenvalue weighted by atomic mass is 10.1. The van der Waals surface area contributed by atoms with Crippen molar-refractivity contribution in [1.29, 1.82) is 0 Å². The quantitative estimate of drug-likeness (QED) is 0.632. The molecule has 0 atom stereocenters. The second kappa shape index (κ2) is 5.20. The van der Waals surface area contributed by atoms with Gasteiger partial charge in [0, 0.05) is 19.1 Å². The van der Waals surface area contributed by atoms with E-state index in [-0.39, 0.29) is 17.4 Å². The summed E-state index contributed by atoms with van der Waals surface area (Å²) in [5, 5.41) is 15.4. The largest absolute Gasteiger partial charge is 0.364 e. The van der Waals surface area contributed by atoms with Gasteiger partial charge in [0.2, 0.25) is 5.69 Å². The van der Waals surface area contributed by atoms with Gasteiger partial charge < -0.3 is 5.73 Å². The Labute approximate surface area is 116 Å². The zero-order chi connectivity index (χ0) is 15.0. The molecule has 0 aromatic carbocycles. The zero-order valence-corrected chi connectivity index (χ0v) is 11.9. The number of carbonyl (C=O) groups is 1. The molecule has 1 fully saturated rings. The maximum Gasteiger partial charge on any atom is 0.323 e. The van der Waals surface area contributed by atoms with Gasteiger partial charge in [-0.15, -0.1) is 0 Å². The Morgan fingerprint density at radius 1 is 1.55 bits per heavy atom. The van der Waals surface area contributed by atoms with Crippen LogP contribution in [-0.2, 0) is 6.42 Å². The van der Waals surface area contributed by atoms with E-state index < -0.39 is 10.8 Å². The third-order valence-electron chi connectivity index (χ3n) is 3.67. The van der Waals surface area contributed by atoms with Crippen molar-refractivity contribution in [3.63, 3.8) is 0 Å². The third kappa shape index (κ3) is 2.26. The average Bonchev–Trinajstić information content (AvgIpc) is 2.65. The van der Waals surface area contributed by atoms with Crippen LogP contribution in [0.4, 0.5) is 5.69 Å². The third-order valence-corrected chi connectivity index (χ3v) is 3.67. The van der Waals surface area contributed by atoms with E-state index in [4.69, 9.17) is 5.73 Å². The van der Waals surface area contributed by atoms with Crippen LogP contribution in [0.3, 0.4) is 0 Å². The monoisotopic (exact) mass is 281 g/mol. The molecule has 1 aliphatic rings. The predicted octanol–water partition coefficient (Wildman–Crippen LogP) is 0.718. The fraction of sp³-hybridized carbons (Fsp3) is 0.667. The fourth-order valence-corrected chi connectivity index (χ4v) is 2.46. The Morgan fingerprint density at radius 2 is 2.15 bits per heavy atom. The summed E-state index contributed by atoms with van der Waals surface area (Å²) in [6, 6.07) is 0.373. The van der Waals surface area contributed by atoms with E-state index in [0.29, 0.717) is 18.2 Å². The second-order valence-corrected chi connectivity index (χ2v) is 5.26. The minimum absolute atomic E-state index is 0.0288. The smallest absolute Gasteiger partial charge is 0.323 e. The molecule has 110 valence electrons. The van der Waals surface area contributed by atoms with E-state index >= 15 is 0 Å². The van der Waals surface area contributed by atoms with Gasteiger partial charge in [-0.1, -0.05) is 6.92 Å². The number of hydrogen-bond donors (Lipinski definition) is 1. The number of primary amides is 1. The first-order chi connectivity index (χ1) is 9.36. The molecule has 2 N–H and O–H groups in total. The van der Waals surface area contributed by atoms with Gasteiger partial charge in [0.05, 0.1) is 11.0 Å². The van der Waals surface area contributed by atoms with Crippen LogP contribution in [0.15, 0.2) is 0 Å². The van der Waals surface area contributed by atoms with Gasteiger partial charge in [-0.3, -0.25) is 19.8 Å². The summed E-state index contributed by atoms with van der Waals surface area (Å²) in [4.78, 5) is 24.4. The molecule has 0 aliphatic carbocycles. The van der Waals surface area contributed by atoms with Gasteiger partial charge in [-0.25, -0.2) is 4.68 Å². The summed E-state index contributed by atoms with van der Waals surface area (Å²) in [5.74, 6) is -0.799. The Balaban J connectivity index is 2.39. The molecule has 0 radical (unpaired) electrons. The SMILES string of the molecule is CCc1nn(C2CN(C(C)C)C2)c(C(N)=O)c1[N+](=O)[O-]. The Morgan fingerprint density at radius 3 is 2.55 bits per heavy atom. The Kier molecular flexibility index (Phi) is 3.76. The van der Waals surface area contributed by atoms with Gasteiger partial charge >= 0.3 is 5.69 Å². The second-order valence-electron chi connectivity index (χ2n) is 5.26. The topological polar surface area (TPSA) is 107 Å². The first-order valence-electron chi connectivity index (χ1n) is 6.66. The van der Waals surface area contributed by atoms with E-state index in [1.54, 1.807) is 6.92 Å². The maximum atomic E-state index is 11.6. The van der Waals surface area contributed by atoms with Crippen molar-refractivity contribution in [3.8, 4) is 0 Å². The van der Waals surface area contributed by atoms with Crippen LogP contribution in [0.5, 0.6) is 0 Å². The van der Waals surface area contributed by atoms with Crippen molar-refractivity contribution in [2.75, 3.05) is 13.1 Å². The standard InChI is InChI=1S/C12H19N5O3/c1-4-9-10(17(19)20)11(12(13)18)16(14-9)8-5-15(6-8)7(2)3/h7-8H,4-6H2,1-3H3,(H2,13,18). The predicted molar refractivity (Wildman–Crippen MR) is 72.5 cm³/mol. The molecular weight excluding hydrogens is 262 g/mol. The molecule has 0 bridgehead atoms. The molecule has 0 spiro atoms. The maximum absolute atomic E-state index is 11.6. The number of likely N-dealkylation sites (tertiary alicyclic amines) is 1. The molecule has 0 unspecified atom stereocenters. The number of aromatic nitrogens is 2. The number of amides is 1. The normalized spacial score (nSPS) is 16.4. The lowest BCUT2D eigenvalue weighted by Crippen LogP contribution is -2.51. The first kappa shape index (κ1) is 14.4. The Hall–Kier alpha value is -1.96. The molecule has 2 heterocycles. The zero-order valence-electron chi connectivity index (χ0n) is 11.9. The lowest BCUT2D eigenvalue weighted by molar-refractivity contribution is -0.385. The number of nitro groups is 1. The highest BCUT2D eigenvalue weighted by molar-refractivity contribution is 5.95. The number of hydrogen-bond acceptors (Lipinski definition) is 5. The summed E-state index contributed by atoms with van der Waals surface area (Å²) in [6.07, 6.45) is 0.393. The molecule has 1 aromatic rings. The van der Waals surface area contributed by atoms with Crippen molar-refractivity contribution in [2.45, 2.75) is 39.3 Å². The van der Waals surface area contributed by atoms with Crippen molar-refractivity contribution in [3.05, 3.63) is 21.5 Å². The number of nitrogens with zero attached hydrogens (tertiary/aromatic N) is 4. The van der Waals surface area contributed by atoms with E-state index in [1.807, 2.05) is 0 Å². The molecule has 1 aromatic heterocycles. The molecule has 1 saturated heterocycles. The lowest BCUT2D eigenvalue weighted by Gasteiger charge is -2.42. The van der Waals surface area contributed by atoms with Crippen molar-refractivity contribution >= 4 is 11.6 Å². The highest BCUT2D eigenvalue weighted by Crippen LogP contribution is 2.30.